The number of hydrogen-bond acceptors (Lipinski definition) is 9. The van der Waals surface area contributed by atoms with Crippen LogP contribution in [-0.4, -0.2) is 46.7 Å². The first-order valence-corrected chi connectivity index (χ1v) is 13.6. The van der Waals surface area contributed by atoms with Crippen LogP contribution in [0.15, 0.2) is 60.2 Å². The number of carbonyl (C=O) groups is 2. The second kappa shape index (κ2) is 9.87. The third-order valence-corrected chi connectivity index (χ3v) is 8.02. The lowest BCUT2D eigenvalue weighted by molar-refractivity contribution is -0.132. The van der Waals surface area contributed by atoms with Crippen LogP contribution in [0, 0.1) is 0 Å². The number of thiazole rings is 1. The number of Topliss-reactive ketones (excluding diaryl/α,β-unsaturated/α-hetero) is 1. The normalized spacial score (nSPS) is 19.6. The Bertz CT molecular complexity index is 1710. The molecule has 204 valence electrons. The van der Waals surface area contributed by atoms with E-state index in [4.69, 9.17) is 14.2 Å². The molecule has 1 aromatic heterocycles. The van der Waals surface area contributed by atoms with Gasteiger partial charge in [-0.1, -0.05) is 17.4 Å². The molecule has 0 unspecified atom stereocenters. The SMILES string of the molecule is CCOc1ccc2nc(N3C(=O)C(=O)/C(=C(/O)c4ccc5c(c4)C[C@H](C)O5)[C@@H]3c3ccc(O)c(OC)c3)sc2c1. The van der Waals surface area contributed by atoms with Crippen molar-refractivity contribution >= 4 is 44.1 Å². The summed E-state index contributed by atoms with van der Waals surface area (Å²) in [6.45, 7) is 4.35. The molecule has 2 N–H and O–H groups in total. The number of ether oxygens (including phenoxy) is 3. The number of aliphatic hydroxyl groups excluding tert-OH is 1. The summed E-state index contributed by atoms with van der Waals surface area (Å²) in [7, 11) is 1.41. The molecule has 10 heteroatoms. The lowest BCUT2D eigenvalue weighted by Gasteiger charge is -2.23. The molecule has 40 heavy (non-hydrogen) atoms. The highest BCUT2D eigenvalue weighted by Gasteiger charge is 2.48. The number of ketones is 1. The molecule has 1 fully saturated rings. The predicted octanol–water partition coefficient (Wildman–Crippen LogP) is 5.36. The van der Waals surface area contributed by atoms with E-state index in [2.05, 4.69) is 4.98 Å². The fourth-order valence-electron chi connectivity index (χ4n) is 5.19. The molecule has 2 aliphatic rings. The van der Waals surface area contributed by atoms with Gasteiger partial charge in [-0.05, 0) is 73.5 Å². The maximum Gasteiger partial charge on any atom is 0.301 e. The number of nitrogens with zero attached hydrogens (tertiary/aromatic N) is 2. The summed E-state index contributed by atoms with van der Waals surface area (Å²) in [5, 5.41) is 22.1. The number of aliphatic hydroxyl groups is 1. The zero-order chi connectivity index (χ0) is 28.1. The number of fused-ring (bicyclic) bond motifs is 2. The van der Waals surface area contributed by atoms with Crippen LogP contribution in [0.2, 0.25) is 0 Å². The van der Waals surface area contributed by atoms with E-state index < -0.39 is 17.7 Å². The van der Waals surface area contributed by atoms with Crippen LogP contribution in [0.1, 0.15) is 36.6 Å². The average molecular weight is 559 g/mol. The number of phenolic OH excluding ortho intramolecular Hbond substituents is 1. The van der Waals surface area contributed by atoms with Gasteiger partial charge < -0.3 is 24.4 Å². The molecule has 3 heterocycles. The van der Waals surface area contributed by atoms with Crippen molar-refractivity contribution in [1.29, 1.82) is 0 Å². The third-order valence-electron chi connectivity index (χ3n) is 7.00. The highest BCUT2D eigenvalue weighted by molar-refractivity contribution is 7.22. The van der Waals surface area contributed by atoms with Crippen molar-refractivity contribution in [3.63, 3.8) is 0 Å². The van der Waals surface area contributed by atoms with E-state index in [1.54, 1.807) is 42.5 Å². The van der Waals surface area contributed by atoms with Gasteiger partial charge in [0.25, 0.3) is 5.78 Å². The van der Waals surface area contributed by atoms with Crippen molar-refractivity contribution in [3.8, 4) is 23.0 Å². The van der Waals surface area contributed by atoms with Gasteiger partial charge in [0, 0.05) is 12.0 Å². The predicted molar refractivity (Wildman–Crippen MR) is 150 cm³/mol. The molecule has 1 saturated heterocycles. The van der Waals surface area contributed by atoms with E-state index in [9.17, 15) is 19.8 Å². The molecule has 0 aliphatic carbocycles. The first-order valence-electron chi connectivity index (χ1n) is 12.8. The standard InChI is InChI=1S/C30H26N2O7S/c1-4-38-19-7-8-20-24(14-19)40-30(31-20)32-26(16-5-9-21(33)23(13-16)37-3)25(28(35)29(32)36)27(34)17-6-10-22-18(12-17)11-15(2)39-22/h5-10,12-15,26,33-34H,4,11H2,1-3H3/b27-25+/t15-,26-/m0/s1. The second-order valence-corrected chi connectivity index (χ2v) is 10.6. The van der Waals surface area contributed by atoms with Crippen LogP contribution >= 0.6 is 11.3 Å². The topological polar surface area (TPSA) is 118 Å². The van der Waals surface area contributed by atoms with Crippen LogP contribution in [-0.2, 0) is 16.0 Å². The lowest BCUT2D eigenvalue weighted by Crippen LogP contribution is -2.29. The van der Waals surface area contributed by atoms with Gasteiger partial charge in [-0.15, -0.1) is 0 Å². The number of aromatic hydroxyl groups is 1. The fraction of sp³-hybridized carbons (Fsp3) is 0.233. The maximum atomic E-state index is 13.6. The quantitative estimate of drug-likeness (QED) is 0.185. The minimum absolute atomic E-state index is 0.00437. The number of benzene rings is 3. The number of anilines is 1. The molecule has 4 aromatic rings. The van der Waals surface area contributed by atoms with Gasteiger partial charge in [0.05, 0.1) is 35.5 Å². The van der Waals surface area contributed by atoms with Crippen molar-refractivity contribution in [2.24, 2.45) is 0 Å². The van der Waals surface area contributed by atoms with Gasteiger partial charge in [0.15, 0.2) is 16.6 Å². The monoisotopic (exact) mass is 558 g/mol. The fourth-order valence-corrected chi connectivity index (χ4v) is 6.21. The largest absolute Gasteiger partial charge is 0.507 e. The van der Waals surface area contributed by atoms with Crippen molar-refractivity contribution < 1.29 is 34.0 Å². The van der Waals surface area contributed by atoms with Crippen molar-refractivity contribution in [2.45, 2.75) is 32.4 Å². The number of amides is 1. The smallest absolute Gasteiger partial charge is 0.301 e. The maximum absolute atomic E-state index is 13.6. The molecule has 0 radical (unpaired) electrons. The Balaban J connectivity index is 1.53. The Morgan fingerprint density at radius 2 is 1.98 bits per heavy atom. The number of hydrogen-bond donors (Lipinski definition) is 2. The number of phenols is 1. The Hall–Kier alpha value is -4.57. The Labute approximate surface area is 233 Å². The highest BCUT2D eigenvalue weighted by Crippen LogP contribution is 2.46. The zero-order valence-electron chi connectivity index (χ0n) is 22.0. The lowest BCUT2D eigenvalue weighted by atomic mass is 9.94. The third kappa shape index (κ3) is 4.21. The molecule has 0 saturated carbocycles. The minimum Gasteiger partial charge on any atom is -0.507 e. The minimum atomic E-state index is -1.02. The molecule has 6 rings (SSSR count). The van der Waals surface area contributed by atoms with Crippen molar-refractivity contribution in [3.05, 3.63) is 76.9 Å². The molecule has 1 amide bonds. The molecular formula is C30H26N2O7S. The van der Waals surface area contributed by atoms with Crippen LogP contribution in [0.25, 0.3) is 16.0 Å². The molecular weight excluding hydrogens is 532 g/mol. The van der Waals surface area contributed by atoms with Crippen molar-refractivity contribution in [2.75, 3.05) is 18.6 Å². The molecule has 2 atom stereocenters. The Morgan fingerprint density at radius 1 is 1.15 bits per heavy atom. The van der Waals surface area contributed by atoms with Gasteiger partial charge in [-0.3, -0.25) is 14.5 Å². The average Bonchev–Trinajstić information content (AvgIpc) is 3.60. The highest BCUT2D eigenvalue weighted by atomic mass is 32.1. The molecule has 9 nitrogen and oxygen atoms in total. The van der Waals surface area contributed by atoms with Crippen LogP contribution in [0.3, 0.4) is 0 Å². The molecule has 3 aromatic carbocycles. The van der Waals surface area contributed by atoms with Gasteiger partial charge in [-0.2, -0.15) is 0 Å². The van der Waals surface area contributed by atoms with E-state index >= 15 is 0 Å². The van der Waals surface area contributed by atoms with Crippen molar-refractivity contribution in [1.82, 2.24) is 4.98 Å². The number of aromatic nitrogens is 1. The van der Waals surface area contributed by atoms with Gasteiger partial charge >= 0.3 is 5.91 Å². The van der Waals surface area contributed by atoms with Gasteiger partial charge in [0.2, 0.25) is 0 Å². The molecule has 0 bridgehead atoms. The summed E-state index contributed by atoms with van der Waals surface area (Å²) in [5.74, 6) is -0.501. The van der Waals surface area contributed by atoms with Crippen LogP contribution in [0.5, 0.6) is 23.0 Å². The Kier molecular flexibility index (Phi) is 6.34. The van der Waals surface area contributed by atoms with E-state index in [0.29, 0.717) is 35.4 Å². The van der Waals surface area contributed by atoms with E-state index in [0.717, 1.165) is 16.0 Å². The summed E-state index contributed by atoms with van der Waals surface area (Å²) >= 11 is 1.24. The van der Waals surface area contributed by atoms with E-state index in [1.807, 2.05) is 19.9 Å². The summed E-state index contributed by atoms with van der Waals surface area (Å²) in [5.41, 5.74) is 2.32. The molecule has 2 aliphatic heterocycles. The summed E-state index contributed by atoms with van der Waals surface area (Å²) in [4.78, 5) is 33.1. The number of rotatable bonds is 6. The van der Waals surface area contributed by atoms with Crippen LogP contribution < -0.4 is 19.1 Å². The Morgan fingerprint density at radius 3 is 2.75 bits per heavy atom. The van der Waals surface area contributed by atoms with Gasteiger partial charge in [0.1, 0.15) is 23.4 Å². The van der Waals surface area contributed by atoms with E-state index in [1.165, 1.54) is 29.4 Å². The summed E-state index contributed by atoms with van der Waals surface area (Å²) in [6.07, 6.45) is 0.670. The summed E-state index contributed by atoms with van der Waals surface area (Å²) < 4.78 is 17.5. The number of methoxy groups -OCH3 is 1. The summed E-state index contributed by atoms with van der Waals surface area (Å²) in [6, 6.07) is 14.2. The van der Waals surface area contributed by atoms with Crippen LogP contribution in [0.4, 0.5) is 5.13 Å². The first-order chi connectivity index (χ1) is 19.3. The zero-order valence-corrected chi connectivity index (χ0v) is 22.8. The van der Waals surface area contributed by atoms with E-state index in [-0.39, 0.29) is 34.1 Å². The first kappa shape index (κ1) is 25.7. The number of carbonyl (C=O) groups excluding carboxylic acids is 2. The molecule has 0 spiro atoms. The second-order valence-electron chi connectivity index (χ2n) is 9.61. The van der Waals surface area contributed by atoms with Gasteiger partial charge in [-0.25, -0.2) is 4.98 Å².